The smallest absolute Gasteiger partial charge is 0.123 e. The van der Waals surface area contributed by atoms with Gasteiger partial charge in [-0.25, -0.2) is 0 Å². The van der Waals surface area contributed by atoms with Crippen LogP contribution in [0.3, 0.4) is 0 Å². The van der Waals surface area contributed by atoms with Crippen molar-refractivity contribution in [3.63, 3.8) is 0 Å². The van der Waals surface area contributed by atoms with Gasteiger partial charge in [-0.05, 0) is 71.0 Å². The Morgan fingerprint density at radius 3 is 1.49 bits per heavy atom. The van der Waals surface area contributed by atoms with E-state index < -0.39 is 5.41 Å². The molecule has 2 heteroatoms. The van der Waals surface area contributed by atoms with Gasteiger partial charge >= 0.3 is 0 Å². The van der Waals surface area contributed by atoms with Gasteiger partial charge in [0.1, 0.15) is 11.5 Å². The average Bonchev–Trinajstić information content (AvgIpc) is 2.94. The Hall–Kier alpha value is -4.30. The number of rotatable bonds is 7. The number of hydrogen-bond acceptors (Lipinski definition) is 2. The highest BCUT2D eigenvalue weighted by Gasteiger charge is 2.37. The Morgan fingerprint density at radius 2 is 1.03 bits per heavy atom. The Morgan fingerprint density at radius 1 is 0.568 bits per heavy atom. The molecule has 5 aromatic carbocycles. The van der Waals surface area contributed by atoms with Crippen molar-refractivity contribution in [2.75, 3.05) is 0 Å². The van der Waals surface area contributed by atoms with Crippen LogP contribution in [0, 0.1) is 6.92 Å². The lowest BCUT2D eigenvalue weighted by Gasteiger charge is -2.38. The van der Waals surface area contributed by atoms with Crippen LogP contribution in [0.5, 0.6) is 11.5 Å². The molecule has 2 nitrogen and oxygen atoms in total. The molecule has 0 unspecified atom stereocenters. The molecule has 184 valence electrons. The van der Waals surface area contributed by atoms with E-state index in [0.717, 1.165) is 46.2 Å². The van der Waals surface area contributed by atoms with Gasteiger partial charge in [0, 0.05) is 16.5 Å². The Labute approximate surface area is 219 Å². The summed E-state index contributed by atoms with van der Waals surface area (Å²) >= 11 is 0. The van der Waals surface area contributed by atoms with Crippen molar-refractivity contribution < 1.29 is 10.2 Å². The number of benzene rings is 5. The summed E-state index contributed by atoms with van der Waals surface area (Å²) in [6.45, 7) is 4.38. The highest BCUT2D eigenvalue weighted by molar-refractivity contribution is 5.74. The van der Waals surface area contributed by atoms with Crippen molar-refractivity contribution in [1.29, 1.82) is 0 Å². The molecule has 37 heavy (non-hydrogen) atoms. The fourth-order valence-electron chi connectivity index (χ4n) is 5.63. The summed E-state index contributed by atoms with van der Waals surface area (Å²) in [5.41, 5.74) is 7.78. The molecule has 0 aliphatic rings. The molecule has 0 spiro atoms. The first kappa shape index (κ1) is 24.4. The number of aryl methyl sites for hydroxylation is 1. The van der Waals surface area contributed by atoms with Crippen LogP contribution in [0.15, 0.2) is 121 Å². The van der Waals surface area contributed by atoms with E-state index in [0.29, 0.717) is 0 Å². The molecule has 0 amide bonds. The van der Waals surface area contributed by atoms with E-state index in [-0.39, 0.29) is 11.5 Å². The van der Waals surface area contributed by atoms with Gasteiger partial charge in [-0.2, -0.15) is 0 Å². The molecule has 0 heterocycles. The monoisotopic (exact) mass is 484 g/mol. The zero-order chi connectivity index (χ0) is 25.8. The lowest BCUT2D eigenvalue weighted by atomic mass is 9.65. The molecule has 0 bridgehead atoms. The summed E-state index contributed by atoms with van der Waals surface area (Å²) in [6.07, 6.45) is 1.83. The maximum Gasteiger partial charge on any atom is 0.123 e. The number of hydrogen-bond donors (Lipinski definition) is 2. The predicted molar refractivity (Wildman–Crippen MR) is 153 cm³/mol. The molecule has 0 aliphatic heterocycles. The standard InChI is InChI=1S/C35H32O2/c1-3-22-35(32-17-11-10-12-25(32)2,28-18-20-33(36)30(23-28)26-13-6-4-7-14-26)29-19-21-34(37)31(24-29)27-15-8-5-9-16-27/h4-21,23-24,36-37H,3,22H2,1-2H3. The minimum Gasteiger partial charge on any atom is -0.507 e. The summed E-state index contributed by atoms with van der Waals surface area (Å²) in [5.74, 6) is 0.529. The normalized spacial score (nSPS) is 11.4. The minimum atomic E-state index is -0.478. The van der Waals surface area contributed by atoms with Gasteiger partial charge in [0.25, 0.3) is 0 Å². The molecule has 5 aromatic rings. The molecule has 5 rings (SSSR count). The van der Waals surface area contributed by atoms with Gasteiger partial charge in [0.15, 0.2) is 0 Å². The Bertz CT molecular complexity index is 1410. The Balaban J connectivity index is 1.83. The topological polar surface area (TPSA) is 40.5 Å². The van der Waals surface area contributed by atoms with Gasteiger partial charge in [0.05, 0.1) is 0 Å². The first-order valence-corrected chi connectivity index (χ1v) is 12.9. The minimum absolute atomic E-state index is 0.265. The highest BCUT2D eigenvalue weighted by Crippen LogP contribution is 2.48. The lowest BCUT2D eigenvalue weighted by molar-refractivity contribution is 0.474. The lowest BCUT2D eigenvalue weighted by Crippen LogP contribution is -2.30. The van der Waals surface area contributed by atoms with E-state index in [1.54, 1.807) is 0 Å². The Kier molecular flexibility index (Phi) is 6.83. The maximum atomic E-state index is 10.9. The van der Waals surface area contributed by atoms with Gasteiger partial charge in [-0.1, -0.05) is 110 Å². The van der Waals surface area contributed by atoms with E-state index in [1.165, 1.54) is 11.1 Å². The second-order valence-electron chi connectivity index (χ2n) is 9.67. The van der Waals surface area contributed by atoms with Crippen LogP contribution in [0.2, 0.25) is 0 Å². The first-order valence-electron chi connectivity index (χ1n) is 12.9. The number of phenols is 2. The summed E-state index contributed by atoms with van der Waals surface area (Å²) in [6, 6.07) is 40.7. The quantitative estimate of drug-likeness (QED) is 0.226. The van der Waals surface area contributed by atoms with E-state index in [9.17, 15) is 10.2 Å². The highest BCUT2D eigenvalue weighted by atomic mass is 16.3. The van der Waals surface area contributed by atoms with Crippen LogP contribution in [-0.2, 0) is 5.41 Å². The third kappa shape index (κ3) is 4.51. The van der Waals surface area contributed by atoms with E-state index in [2.05, 4.69) is 62.4 Å². The molecule has 0 aliphatic carbocycles. The number of aromatic hydroxyl groups is 2. The number of phenolic OH excluding ortho intramolecular Hbond substituents is 2. The molecule has 0 atom stereocenters. The second-order valence-corrected chi connectivity index (χ2v) is 9.67. The van der Waals surface area contributed by atoms with Crippen LogP contribution in [-0.4, -0.2) is 10.2 Å². The summed E-state index contributed by atoms with van der Waals surface area (Å²) in [7, 11) is 0. The third-order valence-electron chi connectivity index (χ3n) is 7.38. The third-order valence-corrected chi connectivity index (χ3v) is 7.38. The van der Waals surface area contributed by atoms with Crippen molar-refractivity contribution in [2.24, 2.45) is 0 Å². The average molecular weight is 485 g/mol. The summed E-state index contributed by atoms with van der Waals surface area (Å²) < 4.78 is 0. The largest absolute Gasteiger partial charge is 0.507 e. The van der Waals surface area contributed by atoms with Crippen molar-refractivity contribution in [2.45, 2.75) is 32.1 Å². The van der Waals surface area contributed by atoms with Crippen LogP contribution >= 0.6 is 0 Å². The van der Waals surface area contributed by atoms with Crippen LogP contribution < -0.4 is 0 Å². The van der Waals surface area contributed by atoms with Gasteiger partial charge in [0.2, 0.25) is 0 Å². The molecule has 0 aromatic heterocycles. The van der Waals surface area contributed by atoms with E-state index in [1.807, 2.05) is 72.8 Å². The van der Waals surface area contributed by atoms with Crippen LogP contribution in [0.25, 0.3) is 22.3 Å². The zero-order valence-electron chi connectivity index (χ0n) is 21.4. The molecular formula is C35H32O2. The molecule has 0 saturated carbocycles. The SMILES string of the molecule is CCCC(c1ccc(O)c(-c2ccccc2)c1)(c1ccc(O)c(-c2ccccc2)c1)c1ccccc1C. The summed E-state index contributed by atoms with van der Waals surface area (Å²) in [4.78, 5) is 0. The van der Waals surface area contributed by atoms with Gasteiger partial charge < -0.3 is 10.2 Å². The van der Waals surface area contributed by atoms with Crippen LogP contribution in [0.4, 0.5) is 0 Å². The molecule has 0 radical (unpaired) electrons. The zero-order valence-corrected chi connectivity index (χ0v) is 21.4. The molecule has 0 saturated heterocycles. The van der Waals surface area contributed by atoms with Crippen molar-refractivity contribution in [1.82, 2.24) is 0 Å². The summed E-state index contributed by atoms with van der Waals surface area (Å²) in [5, 5.41) is 21.8. The van der Waals surface area contributed by atoms with Crippen LogP contribution in [0.1, 0.15) is 42.0 Å². The first-order chi connectivity index (χ1) is 18.0. The molecular weight excluding hydrogens is 452 g/mol. The second kappa shape index (κ2) is 10.4. The van der Waals surface area contributed by atoms with Crippen molar-refractivity contribution >= 4 is 0 Å². The van der Waals surface area contributed by atoms with Crippen molar-refractivity contribution in [3.8, 4) is 33.8 Å². The van der Waals surface area contributed by atoms with Crippen molar-refractivity contribution in [3.05, 3.63) is 144 Å². The fourth-order valence-corrected chi connectivity index (χ4v) is 5.63. The van der Waals surface area contributed by atoms with Gasteiger partial charge in [-0.3, -0.25) is 0 Å². The predicted octanol–water partition coefficient (Wildman–Crippen LogP) is 8.87. The fraction of sp³-hybridized carbons (Fsp3) is 0.143. The molecule has 0 fully saturated rings. The van der Waals surface area contributed by atoms with Gasteiger partial charge in [-0.15, -0.1) is 0 Å². The van der Waals surface area contributed by atoms with E-state index in [4.69, 9.17) is 0 Å². The maximum absolute atomic E-state index is 10.9. The molecule has 2 N–H and O–H groups in total. The van der Waals surface area contributed by atoms with E-state index >= 15 is 0 Å².